The average molecular weight is 524 g/mol. The van der Waals surface area contributed by atoms with Crippen LogP contribution in [0, 0.1) is 6.92 Å². The number of amides is 1. The number of fused-ring (bicyclic) bond motifs is 2. The van der Waals surface area contributed by atoms with E-state index in [1.807, 2.05) is 41.9 Å². The molecule has 1 aromatic carbocycles. The lowest BCUT2D eigenvalue weighted by Crippen LogP contribution is -2.54. The van der Waals surface area contributed by atoms with Crippen molar-refractivity contribution in [2.75, 3.05) is 30.4 Å². The van der Waals surface area contributed by atoms with E-state index >= 15 is 0 Å². The molecule has 10 heteroatoms. The van der Waals surface area contributed by atoms with Gasteiger partial charge < -0.3 is 24.7 Å². The molecule has 5 rings (SSSR count). The molecular weight excluding hydrogens is 498 g/mol. The number of aryl methyl sites for hydroxylation is 1. The summed E-state index contributed by atoms with van der Waals surface area (Å²) in [6.07, 6.45) is 5.49. The minimum atomic E-state index is -0.262. The van der Waals surface area contributed by atoms with Crippen LogP contribution in [0.2, 0.25) is 0 Å². The van der Waals surface area contributed by atoms with Crippen LogP contribution >= 0.6 is 15.9 Å². The quantitative estimate of drug-likeness (QED) is 0.419. The molecule has 3 aromatic heterocycles. The number of rotatable bonds is 4. The Morgan fingerprint density at radius 3 is 2.71 bits per heavy atom. The largest absolute Gasteiger partial charge is 0.467 e. The van der Waals surface area contributed by atoms with E-state index in [1.54, 1.807) is 6.20 Å². The molecule has 1 aliphatic rings. The molecule has 0 saturated carbocycles. The molecule has 176 valence electrons. The van der Waals surface area contributed by atoms with Crippen molar-refractivity contribution in [1.29, 1.82) is 0 Å². The summed E-state index contributed by atoms with van der Waals surface area (Å²) in [4.78, 5) is 29.1. The number of benzene rings is 1. The zero-order valence-electron chi connectivity index (χ0n) is 19.5. The first-order valence-electron chi connectivity index (χ1n) is 11.1. The van der Waals surface area contributed by atoms with E-state index in [4.69, 9.17) is 4.74 Å². The second-order valence-corrected chi connectivity index (χ2v) is 9.62. The number of piperazine rings is 1. The summed E-state index contributed by atoms with van der Waals surface area (Å²) in [6.45, 7) is 7.98. The minimum absolute atomic E-state index is 0.221. The Bertz CT molecular complexity index is 1390. The third kappa shape index (κ3) is 4.19. The van der Waals surface area contributed by atoms with Crippen LogP contribution in [0.15, 0.2) is 41.3 Å². The fourth-order valence-corrected chi connectivity index (χ4v) is 5.16. The van der Waals surface area contributed by atoms with Gasteiger partial charge in [-0.05, 0) is 54.9 Å². The predicted molar refractivity (Wildman–Crippen MR) is 136 cm³/mol. The van der Waals surface area contributed by atoms with Crippen molar-refractivity contribution in [1.82, 2.24) is 24.7 Å². The second kappa shape index (κ2) is 8.84. The standard InChI is InChI=1S/C24H26BrN7O2/c1-13-9-31(10-14(2)27-13)20-6-5-17(21-18(20)8-26-24(30-21)34-4)23(33)29-16-7-19(25)22-28-15(3)11-32(22)12-16/h5-8,11-14,27H,9-10H2,1-4H3,(H,29,33)/t13-,14-/m1/s1. The van der Waals surface area contributed by atoms with Gasteiger partial charge in [0, 0.05) is 54.8 Å². The second-order valence-electron chi connectivity index (χ2n) is 8.77. The van der Waals surface area contributed by atoms with Crippen LogP contribution in [0.5, 0.6) is 6.01 Å². The van der Waals surface area contributed by atoms with E-state index in [2.05, 4.69) is 60.3 Å². The maximum absolute atomic E-state index is 13.4. The molecule has 0 radical (unpaired) electrons. The Morgan fingerprint density at radius 1 is 1.21 bits per heavy atom. The van der Waals surface area contributed by atoms with Gasteiger partial charge in [-0.1, -0.05) is 0 Å². The van der Waals surface area contributed by atoms with E-state index in [9.17, 15) is 4.79 Å². The van der Waals surface area contributed by atoms with Crippen molar-refractivity contribution < 1.29 is 9.53 Å². The molecule has 1 fully saturated rings. The lowest BCUT2D eigenvalue weighted by atomic mass is 10.0. The fraction of sp³-hybridized carbons (Fsp3) is 0.333. The normalized spacial score (nSPS) is 18.4. The van der Waals surface area contributed by atoms with Gasteiger partial charge in [0.25, 0.3) is 5.91 Å². The summed E-state index contributed by atoms with van der Waals surface area (Å²) >= 11 is 3.55. The highest BCUT2D eigenvalue weighted by atomic mass is 79.9. The van der Waals surface area contributed by atoms with Crippen LogP contribution in [-0.2, 0) is 0 Å². The van der Waals surface area contributed by atoms with Crippen LogP contribution in [0.1, 0.15) is 29.9 Å². The van der Waals surface area contributed by atoms with Crippen molar-refractivity contribution in [2.45, 2.75) is 32.9 Å². The zero-order valence-corrected chi connectivity index (χ0v) is 21.0. The Hall–Kier alpha value is -3.24. The van der Waals surface area contributed by atoms with Gasteiger partial charge in [-0.25, -0.2) is 9.97 Å². The maximum atomic E-state index is 13.4. The van der Waals surface area contributed by atoms with Gasteiger partial charge in [-0.3, -0.25) is 4.79 Å². The predicted octanol–water partition coefficient (Wildman–Crippen LogP) is 3.80. The molecule has 0 bridgehead atoms. The van der Waals surface area contributed by atoms with Crippen molar-refractivity contribution >= 4 is 49.8 Å². The molecular formula is C24H26BrN7O2. The van der Waals surface area contributed by atoms with E-state index in [0.29, 0.717) is 28.9 Å². The van der Waals surface area contributed by atoms with E-state index in [0.717, 1.165) is 40.0 Å². The summed E-state index contributed by atoms with van der Waals surface area (Å²) in [6, 6.07) is 6.57. The number of ether oxygens (including phenoxy) is 1. The number of hydrogen-bond donors (Lipinski definition) is 2. The molecule has 34 heavy (non-hydrogen) atoms. The number of hydrogen-bond acceptors (Lipinski definition) is 7. The summed E-state index contributed by atoms with van der Waals surface area (Å²) in [5.41, 5.74) is 4.35. The number of anilines is 2. The summed E-state index contributed by atoms with van der Waals surface area (Å²) < 4.78 is 7.95. The first-order valence-corrected chi connectivity index (χ1v) is 11.9. The van der Waals surface area contributed by atoms with Crippen molar-refractivity contribution in [3.05, 3.63) is 52.5 Å². The topological polar surface area (TPSA) is 96.7 Å². The molecule has 1 amide bonds. The molecule has 0 spiro atoms. The molecule has 0 unspecified atom stereocenters. The van der Waals surface area contributed by atoms with Gasteiger partial charge in [0.1, 0.15) is 0 Å². The maximum Gasteiger partial charge on any atom is 0.316 e. The summed E-state index contributed by atoms with van der Waals surface area (Å²) in [7, 11) is 1.52. The number of aromatic nitrogens is 4. The first kappa shape index (κ1) is 22.5. The molecule has 4 aromatic rings. The lowest BCUT2D eigenvalue weighted by Gasteiger charge is -2.38. The number of pyridine rings is 1. The van der Waals surface area contributed by atoms with E-state index in [-0.39, 0.29) is 11.9 Å². The number of nitrogens with zero attached hydrogens (tertiary/aromatic N) is 5. The molecule has 2 N–H and O–H groups in total. The number of carbonyl (C=O) groups excluding carboxylic acids is 1. The van der Waals surface area contributed by atoms with Gasteiger partial charge in [-0.2, -0.15) is 4.98 Å². The molecule has 4 heterocycles. The van der Waals surface area contributed by atoms with Gasteiger partial charge in [-0.15, -0.1) is 0 Å². The SMILES string of the molecule is COc1ncc2c(N3C[C@@H](C)N[C@H](C)C3)ccc(C(=O)Nc3cc(Br)c4nc(C)cn4c3)c2n1. The third-order valence-electron chi connectivity index (χ3n) is 5.92. The van der Waals surface area contributed by atoms with E-state index < -0.39 is 0 Å². The fourth-order valence-electron chi connectivity index (χ4n) is 4.62. The highest BCUT2D eigenvalue weighted by Crippen LogP contribution is 2.31. The Labute approximate surface area is 205 Å². The van der Waals surface area contributed by atoms with Crippen molar-refractivity contribution in [3.8, 4) is 6.01 Å². The first-order chi connectivity index (χ1) is 16.3. The number of methoxy groups -OCH3 is 1. The average Bonchev–Trinajstić information content (AvgIpc) is 3.18. The van der Waals surface area contributed by atoms with Gasteiger partial charge in [0.2, 0.25) is 0 Å². The highest BCUT2D eigenvalue weighted by Gasteiger charge is 2.24. The number of halogens is 1. The van der Waals surface area contributed by atoms with Crippen LogP contribution < -0.4 is 20.3 Å². The minimum Gasteiger partial charge on any atom is -0.467 e. The number of nitrogens with one attached hydrogen (secondary N) is 2. The summed E-state index contributed by atoms with van der Waals surface area (Å²) in [5, 5.41) is 7.37. The highest BCUT2D eigenvalue weighted by molar-refractivity contribution is 9.10. The van der Waals surface area contributed by atoms with Gasteiger partial charge in [0.05, 0.1) is 34.0 Å². The monoisotopic (exact) mass is 523 g/mol. The van der Waals surface area contributed by atoms with Gasteiger partial charge >= 0.3 is 6.01 Å². The third-order valence-corrected chi connectivity index (χ3v) is 6.50. The van der Waals surface area contributed by atoms with Crippen molar-refractivity contribution in [2.24, 2.45) is 0 Å². The van der Waals surface area contributed by atoms with Crippen LogP contribution in [0.25, 0.3) is 16.6 Å². The molecule has 1 saturated heterocycles. The van der Waals surface area contributed by atoms with Gasteiger partial charge in [0.15, 0.2) is 5.65 Å². The Morgan fingerprint density at radius 2 is 1.97 bits per heavy atom. The van der Waals surface area contributed by atoms with E-state index in [1.165, 1.54) is 7.11 Å². The Kier molecular flexibility index (Phi) is 5.86. The number of carbonyl (C=O) groups is 1. The molecule has 2 atom stereocenters. The zero-order chi connectivity index (χ0) is 24.0. The number of imidazole rings is 1. The van der Waals surface area contributed by atoms with Crippen molar-refractivity contribution in [3.63, 3.8) is 0 Å². The molecule has 1 aliphatic heterocycles. The molecule has 9 nitrogen and oxygen atoms in total. The summed E-state index contributed by atoms with van der Waals surface area (Å²) in [5.74, 6) is -0.262. The van der Waals surface area contributed by atoms with Crippen LogP contribution in [0.4, 0.5) is 11.4 Å². The van der Waals surface area contributed by atoms with Crippen LogP contribution in [-0.4, -0.2) is 57.5 Å². The smallest absolute Gasteiger partial charge is 0.316 e. The van der Waals surface area contributed by atoms with Crippen LogP contribution in [0.3, 0.4) is 0 Å². The lowest BCUT2D eigenvalue weighted by molar-refractivity contribution is 0.102. The molecule has 0 aliphatic carbocycles. The Balaban J connectivity index is 1.54.